The van der Waals surface area contributed by atoms with E-state index in [2.05, 4.69) is 31.1 Å². The van der Waals surface area contributed by atoms with Crippen molar-refractivity contribution in [3.05, 3.63) is 27.8 Å². The van der Waals surface area contributed by atoms with Crippen molar-refractivity contribution < 1.29 is 4.92 Å². The van der Waals surface area contributed by atoms with Crippen LogP contribution in [0.15, 0.2) is 17.6 Å². The minimum absolute atomic E-state index is 0.0835. The molecule has 0 fully saturated rings. The van der Waals surface area contributed by atoms with Gasteiger partial charge in [0.05, 0.1) is 15.1 Å². The fraction of sp³-hybridized carbons (Fsp3) is 0.500. The highest BCUT2D eigenvalue weighted by Gasteiger charge is 2.21. The van der Waals surface area contributed by atoms with Crippen LogP contribution in [-0.2, 0) is 0 Å². The minimum atomic E-state index is -0.348. The Kier molecular flexibility index (Phi) is 4.54. The molecule has 0 saturated heterocycles. The van der Waals surface area contributed by atoms with Crippen molar-refractivity contribution >= 4 is 32.9 Å². The lowest BCUT2D eigenvalue weighted by atomic mass is 10.0. The Labute approximate surface area is 122 Å². The molecule has 0 aliphatic heterocycles. The monoisotopic (exact) mass is 293 g/mol. The second kappa shape index (κ2) is 6.17. The lowest BCUT2D eigenvalue weighted by Crippen LogP contribution is -2.16. The van der Waals surface area contributed by atoms with E-state index in [0.29, 0.717) is 17.1 Å². The van der Waals surface area contributed by atoms with E-state index >= 15 is 0 Å². The second-order valence-corrected chi connectivity index (χ2v) is 6.32. The Morgan fingerprint density at radius 3 is 2.75 bits per heavy atom. The number of fused-ring (bicyclic) bond motifs is 1. The van der Waals surface area contributed by atoms with Crippen LogP contribution >= 0.6 is 11.3 Å². The number of thiazole rings is 1. The van der Waals surface area contributed by atoms with Crippen molar-refractivity contribution in [2.24, 2.45) is 5.92 Å². The summed E-state index contributed by atoms with van der Waals surface area (Å²) in [6, 6.07) is 3.87. The van der Waals surface area contributed by atoms with Crippen LogP contribution in [0.4, 0.5) is 11.4 Å². The van der Waals surface area contributed by atoms with Crippen molar-refractivity contribution in [1.82, 2.24) is 4.98 Å². The first-order valence-electron chi connectivity index (χ1n) is 6.76. The molecule has 1 aromatic heterocycles. The number of rotatable bonds is 6. The number of anilines is 1. The van der Waals surface area contributed by atoms with Crippen LogP contribution in [0.3, 0.4) is 0 Å². The average Bonchev–Trinajstić information content (AvgIpc) is 2.83. The summed E-state index contributed by atoms with van der Waals surface area (Å²) in [5, 5.41) is 14.6. The van der Waals surface area contributed by atoms with Gasteiger partial charge in [-0.2, -0.15) is 0 Å². The normalized spacial score (nSPS) is 12.8. The van der Waals surface area contributed by atoms with Gasteiger partial charge in [-0.15, -0.1) is 11.3 Å². The molecule has 1 N–H and O–H groups in total. The predicted molar refractivity (Wildman–Crippen MR) is 83.4 cm³/mol. The van der Waals surface area contributed by atoms with Gasteiger partial charge in [0, 0.05) is 6.04 Å². The molecule has 0 radical (unpaired) electrons. The summed E-state index contributed by atoms with van der Waals surface area (Å²) in [5.74, 6) is 0.634. The van der Waals surface area contributed by atoms with Crippen LogP contribution in [0.2, 0.25) is 0 Å². The van der Waals surface area contributed by atoms with Crippen molar-refractivity contribution in [3.63, 3.8) is 0 Å². The number of aromatic nitrogens is 1. The summed E-state index contributed by atoms with van der Waals surface area (Å²) in [6.07, 6.45) is 2.09. The van der Waals surface area contributed by atoms with E-state index in [9.17, 15) is 10.1 Å². The number of nitrogens with zero attached hydrogens (tertiary/aromatic N) is 2. The molecule has 1 unspecified atom stereocenters. The Hall–Kier alpha value is -1.69. The Bertz CT molecular complexity index is 609. The van der Waals surface area contributed by atoms with Gasteiger partial charge in [-0.05, 0) is 37.8 Å². The molecular weight excluding hydrogens is 274 g/mol. The molecule has 0 bridgehead atoms. The van der Waals surface area contributed by atoms with Crippen molar-refractivity contribution in [2.75, 3.05) is 5.32 Å². The minimum Gasteiger partial charge on any atom is -0.377 e. The van der Waals surface area contributed by atoms with Crippen LogP contribution in [-0.4, -0.2) is 15.9 Å². The van der Waals surface area contributed by atoms with Crippen molar-refractivity contribution in [3.8, 4) is 0 Å². The van der Waals surface area contributed by atoms with E-state index in [1.165, 1.54) is 11.3 Å². The molecule has 1 atom stereocenters. The van der Waals surface area contributed by atoms with Crippen LogP contribution in [0.25, 0.3) is 10.2 Å². The number of benzene rings is 1. The first-order valence-corrected chi connectivity index (χ1v) is 7.64. The van der Waals surface area contributed by atoms with E-state index in [-0.39, 0.29) is 16.7 Å². The molecule has 2 rings (SSSR count). The standard InChI is InChI=1S/C14H19N3O2S/c1-9(2)4-5-10(3)16-11-6-7-12-13(15-8-20-12)14(11)17(18)19/h6-10,16H,4-5H2,1-3H3. The van der Waals surface area contributed by atoms with Crippen LogP contribution < -0.4 is 5.32 Å². The molecule has 0 aliphatic carbocycles. The van der Waals surface area contributed by atoms with Gasteiger partial charge in [-0.1, -0.05) is 13.8 Å². The van der Waals surface area contributed by atoms with Crippen molar-refractivity contribution in [2.45, 2.75) is 39.7 Å². The Morgan fingerprint density at radius 2 is 2.10 bits per heavy atom. The molecule has 1 aromatic carbocycles. The number of nitro benzene ring substituents is 1. The van der Waals surface area contributed by atoms with E-state index in [1.807, 2.05) is 6.07 Å². The van der Waals surface area contributed by atoms with E-state index in [1.54, 1.807) is 11.6 Å². The van der Waals surface area contributed by atoms with E-state index in [0.717, 1.165) is 17.5 Å². The summed E-state index contributed by atoms with van der Waals surface area (Å²) in [4.78, 5) is 15.1. The summed E-state index contributed by atoms with van der Waals surface area (Å²) in [7, 11) is 0. The zero-order chi connectivity index (χ0) is 14.7. The second-order valence-electron chi connectivity index (χ2n) is 5.43. The smallest absolute Gasteiger partial charge is 0.319 e. The fourth-order valence-electron chi connectivity index (χ4n) is 2.14. The molecule has 0 amide bonds. The summed E-state index contributed by atoms with van der Waals surface area (Å²) in [5.41, 5.74) is 2.76. The lowest BCUT2D eigenvalue weighted by Gasteiger charge is -2.16. The Balaban J connectivity index is 2.25. The number of nitro groups is 1. The SMILES string of the molecule is CC(C)CCC(C)Nc1ccc2scnc2c1[N+](=O)[O-]. The lowest BCUT2D eigenvalue weighted by molar-refractivity contribution is -0.382. The van der Waals surface area contributed by atoms with Gasteiger partial charge in [0.15, 0.2) is 5.52 Å². The van der Waals surface area contributed by atoms with Gasteiger partial charge in [-0.25, -0.2) is 4.98 Å². The molecule has 5 nitrogen and oxygen atoms in total. The molecule has 0 spiro atoms. The fourth-order valence-corrected chi connectivity index (χ4v) is 2.82. The molecule has 0 saturated carbocycles. The summed E-state index contributed by atoms with van der Waals surface area (Å²) in [6.45, 7) is 6.41. The number of hydrogen-bond donors (Lipinski definition) is 1. The van der Waals surface area contributed by atoms with Gasteiger partial charge >= 0.3 is 5.69 Å². The largest absolute Gasteiger partial charge is 0.377 e. The summed E-state index contributed by atoms with van der Waals surface area (Å²) < 4.78 is 0.845. The van der Waals surface area contributed by atoms with Crippen LogP contribution in [0, 0.1) is 16.0 Å². The van der Waals surface area contributed by atoms with Crippen LogP contribution in [0.5, 0.6) is 0 Å². The first kappa shape index (κ1) is 14.7. The van der Waals surface area contributed by atoms with Gasteiger partial charge in [0.2, 0.25) is 0 Å². The topological polar surface area (TPSA) is 68.1 Å². The third-order valence-corrected chi connectivity index (χ3v) is 4.03. The van der Waals surface area contributed by atoms with E-state index in [4.69, 9.17) is 0 Å². The molecule has 6 heteroatoms. The van der Waals surface area contributed by atoms with Gasteiger partial charge in [0.25, 0.3) is 0 Å². The molecule has 20 heavy (non-hydrogen) atoms. The number of nitrogens with one attached hydrogen (secondary N) is 1. The highest BCUT2D eigenvalue weighted by atomic mass is 32.1. The quantitative estimate of drug-likeness (QED) is 0.631. The Morgan fingerprint density at radius 1 is 1.35 bits per heavy atom. The summed E-state index contributed by atoms with van der Waals surface area (Å²) >= 11 is 1.42. The molecule has 2 aromatic rings. The molecule has 1 heterocycles. The first-order chi connectivity index (χ1) is 9.49. The van der Waals surface area contributed by atoms with E-state index < -0.39 is 0 Å². The highest BCUT2D eigenvalue weighted by molar-refractivity contribution is 7.16. The van der Waals surface area contributed by atoms with Gasteiger partial charge < -0.3 is 5.32 Å². The third-order valence-electron chi connectivity index (χ3n) is 3.24. The van der Waals surface area contributed by atoms with Crippen LogP contribution in [0.1, 0.15) is 33.6 Å². The molecule has 0 aliphatic rings. The third kappa shape index (κ3) is 3.25. The number of hydrogen-bond acceptors (Lipinski definition) is 5. The maximum absolute atomic E-state index is 11.3. The highest BCUT2D eigenvalue weighted by Crippen LogP contribution is 2.34. The molecule has 108 valence electrons. The molecular formula is C14H19N3O2S. The van der Waals surface area contributed by atoms with Gasteiger partial charge in [-0.3, -0.25) is 10.1 Å². The maximum Gasteiger partial charge on any atom is 0.319 e. The van der Waals surface area contributed by atoms with Crippen molar-refractivity contribution in [1.29, 1.82) is 0 Å². The zero-order valence-corrected chi connectivity index (χ0v) is 12.7. The average molecular weight is 293 g/mol. The zero-order valence-electron chi connectivity index (χ0n) is 11.9. The van der Waals surface area contributed by atoms with Gasteiger partial charge in [0.1, 0.15) is 5.69 Å². The maximum atomic E-state index is 11.3. The predicted octanol–water partition coefficient (Wildman–Crippen LogP) is 4.44.